The average Bonchev–Trinajstić information content (AvgIpc) is 3.01. The summed E-state index contributed by atoms with van der Waals surface area (Å²) in [6.07, 6.45) is 3.04. The van der Waals surface area contributed by atoms with Gasteiger partial charge in [-0.15, -0.1) is 11.8 Å². The van der Waals surface area contributed by atoms with Crippen LogP contribution in [0.25, 0.3) is 0 Å². The van der Waals surface area contributed by atoms with E-state index in [4.69, 9.17) is 9.15 Å². The molecule has 0 atom stereocenters. The molecule has 2 heterocycles. The summed E-state index contributed by atoms with van der Waals surface area (Å²) in [5.41, 5.74) is 0. The molecule has 1 aliphatic rings. The molecule has 1 saturated heterocycles. The van der Waals surface area contributed by atoms with Crippen LogP contribution in [0.1, 0.15) is 25.5 Å². The Bertz CT molecular complexity index is 452. The van der Waals surface area contributed by atoms with Crippen LogP contribution < -0.4 is 0 Å². The number of hydrogen-bond acceptors (Lipinski definition) is 5. The Kier molecular flexibility index (Phi) is 6.17. The number of amides is 1. The van der Waals surface area contributed by atoms with Gasteiger partial charge in [-0.3, -0.25) is 9.59 Å². The second-order valence-corrected chi connectivity index (χ2v) is 5.96. The maximum Gasteiger partial charge on any atom is 0.309 e. The third kappa shape index (κ3) is 4.81. The summed E-state index contributed by atoms with van der Waals surface area (Å²) in [4.78, 5) is 25.6. The van der Waals surface area contributed by atoms with E-state index in [9.17, 15) is 9.59 Å². The molecule has 0 bridgehead atoms. The van der Waals surface area contributed by atoms with Gasteiger partial charge in [0.25, 0.3) is 0 Å². The first-order chi connectivity index (χ1) is 10.2. The van der Waals surface area contributed by atoms with Gasteiger partial charge < -0.3 is 14.1 Å². The molecule has 0 radical (unpaired) electrons. The molecule has 0 aliphatic carbocycles. The number of piperidine rings is 1. The summed E-state index contributed by atoms with van der Waals surface area (Å²) >= 11 is 1.55. The van der Waals surface area contributed by atoms with E-state index in [1.54, 1.807) is 18.0 Å². The number of esters is 1. The van der Waals surface area contributed by atoms with Crippen molar-refractivity contribution in [2.45, 2.75) is 25.5 Å². The van der Waals surface area contributed by atoms with Gasteiger partial charge in [0.05, 0.1) is 30.3 Å². The van der Waals surface area contributed by atoms with Crippen LogP contribution in [-0.4, -0.2) is 42.2 Å². The second-order valence-electron chi connectivity index (χ2n) is 4.98. The van der Waals surface area contributed by atoms with Crippen molar-refractivity contribution in [3.05, 3.63) is 24.2 Å². The van der Waals surface area contributed by atoms with Crippen molar-refractivity contribution in [3.8, 4) is 0 Å². The molecule has 5 nitrogen and oxygen atoms in total. The minimum Gasteiger partial charge on any atom is -0.468 e. The fourth-order valence-corrected chi connectivity index (χ4v) is 3.17. The summed E-state index contributed by atoms with van der Waals surface area (Å²) in [7, 11) is 0. The van der Waals surface area contributed by atoms with Gasteiger partial charge >= 0.3 is 5.97 Å². The molecular formula is C15H21NO4S. The highest BCUT2D eigenvalue weighted by Gasteiger charge is 2.27. The molecule has 0 aromatic carbocycles. The third-order valence-corrected chi connectivity index (χ3v) is 4.46. The summed E-state index contributed by atoms with van der Waals surface area (Å²) < 4.78 is 10.3. The standard InChI is InChI=1S/C15H21NO4S/c1-2-19-15(18)12-5-7-16(8-6-12)14(17)11-21-10-13-4-3-9-20-13/h3-4,9,12H,2,5-8,10-11H2,1H3. The Hall–Kier alpha value is -1.43. The number of hydrogen-bond donors (Lipinski definition) is 0. The van der Waals surface area contributed by atoms with Crippen LogP contribution in [-0.2, 0) is 20.1 Å². The van der Waals surface area contributed by atoms with Gasteiger partial charge in [-0.25, -0.2) is 0 Å². The van der Waals surface area contributed by atoms with E-state index in [-0.39, 0.29) is 17.8 Å². The quantitative estimate of drug-likeness (QED) is 0.755. The zero-order chi connectivity index (χ0) is 15.1. The SMILES string of the molecule is CCOC(=O)C1CCN(C(=O)CSCc2ccco2)CC1. The van der Waals surface area contributed by atoms with E-state index >= 15 is 0 Å². The molecule has 0 spiro atoms. The maximum atomic E-state index is 12.1. The van der Waals surface area contributed by atoms with Crippen molar-refractivity contribution < 1.29 is 18.7 Å². The lowest BCUT2D eigenvalue weighted by molar-refractivity contribution is -0.151. The number of thioether (sulfide) groups is 1. The van der Waals surface area contributed by atoms with E-state index in [1.165, 1.54) is 0 Å². The van der Waals surface area contributed by atoms with Crippen molar-refractivity contribution in [1.29, 1.82) is 0 Å². The number of carbonyl (C=O) groups excluding carboxylic acids is 2. The number of rotatable bonds is 6. The van der Waals surface area contributed by atoms with E-state index in [2.05, 4.69) is 0 Å². The maximum absolute atomic E-state index is 12.1. The molecule has 116 valence electrons. The normalized spacial score (nSPS) is 16.0. The van der Waals surface area contributed by atoms with Crippen molar-refractivity contribution in [2.24, 2.45) is 5.92 Å². The van der Waals surface area contributed by atoms with Crippen LogP contribution >= 0.6 is 11.8 Å². The molecule has 2 rings (SSSR count). The van der Waals surface area contributed by atoms with Crippen LogP contribution in [0, 0.1) is 5.92 Å². The monoisotopic (exact) mass is 311 g/mol. The zero-order valence-electron chi connectivity index (χ0n) is 12.2. The molecule has 1 aromatic heterocycles. The van der Waals surface area contributed by atoms with Crippen molar-refractivity contribution in [2.75, 3.05) is 25.4 Å². The highest BCUT2D eigenvalue weighted by Crippen LogP contribution is 2.20. The van der Waals surface area contributed by atoms with Gasteiger partial charge in [-0.05, 0) is 31.9 Å². The Morgan fingerprint density at radius 2 is 2.19 bits per heavy atom. The second kappa shape index (κ2) is 8.12. The van der Waals surface area contributed by atoms with Gasteiger partial charge in [0.1, 0.15) is 5.76 Å². The van der Waals surface area contributed by atoms with Gasteiger partial charge in [0.15, 0.2) is 0 Å². The Balaban J connectivity index is 1.67. The van der Waals surface area contributed by atoms with Gasteiger partial charge in [-0.2, -0.15) is 0 Å². The summed E-state index contributed by atoms with van der Waals surface area (Å²) in [6.45, 7) is 3.52. The Labute approximate surface area is 129 Å². The molecule has 0 N–H and O–H groups in total. The Morgan fingerprint density at radius 1 is 1.43 bits per heavy atom. The number of ether oxygens (including phenoxy) is 1. The van der Waals surface area contributed by atoms with Gasteiger partial charge in [-0.1, -0.05) is 0 Å². The van der Waals surface area contributed by atoms with E-state index < -0.39 is 0 Å². The van der Waals surface area contributed by atoms with Crippen molar-refractivity contribution >= 4 is 23.6 Å². The van der Waals surface area contributed by atoms with E-state index in [1.807, 2.05) is 24.0 Å². The summed E-state index contributed by atoms with van der Waals surface area (Å²) in [5, 5.41) is 0. The lowest BCUT2D eigenvalue weighted by atomic mass is 9.97. The van der Waals surface area contributed by atoms with E-state index in [0.717, 1.165) is 5.76 Å². The highest BCUT2D eigenvalue weighted by molar-refractivity contribution is 7.99. The largest absolute Gasteiger partial charge is 0.468 e. The topological polar surface area (TPSA) is 59.8 Å². The lowest BCUT2D eigenvalue weighted by Gasteiger charge is -2.30. The lowest BCUT2D eigenvalue weighted by Crippen LogP contribution is -2.41. The predicted molar refractivity (Wildman–Crippen MR) is 80.8 cm³/mol. The third-order valence-electron chi connectivity index (χ3n) is 3.52. The van der Waals surface area contributed by atoms with E-state index in [0.29, 0.717) is 44.0 Å². The average molecular weight is 311 g/mol. The van der Waals surface area contributed by atoms with Gasteiger partial charge in [0.2, 0.25) is 5.91 Å². The van der Waals surface area contributed by atoms with Crippen LogP contribution in [0.15, 0.2) is 22.8 Å². The van der Waals surface area contributed by atoms with Crippen LogP contribution in [0.3, 0.4) is 0 Å². The number of carbonyl (C=O) groups is 2. The Morgan fingerprint density at radius 3 is 2.81 bits per heavy atom. The molecule has 0 saturated carbocycles. The smallest absolute Gasteiger partial charge is 0.309 e. The first kappa shape index (κ1) is 15.9. The molecule has 1 aromatic rings. The number of nitrogens with zero attached hydrogens (tertiary/aromatic N) is 1. The predicted octanol–water partition coefficient (Wildman–Crippen LogP) is 2.31. The fraction of sp³-hybridized carbons (Fsp3) is 0.600. The number of furan rings is 1. The molecule has 1 amide bonds. The zero-order valence-corrected chi connectivity index (χ0v) is 13.1. The summed E-state index contributed by atoms with van der Waals surface area (Å²) in [6, 6.07) is 3.75. The van der Waals surface area contributed by atoms with Gasteiger partial charge in [0, 0.05) is 13.1 Å². The molecule has 6 heteroatoms. The van der Waals surface area contributed by atoms with Crippen molar-refractivity contribution in [3.63, 3.8) is 0 Å². The fourth-order valence-electron chi connectivity index (χ4n) is 2.35. The molecule has 1 fully saturated rings. The summed E-state index contributed by atoms with van der Waals surface area (Å²) in [5.74, 6) is 1.99. The highest BCUT2D eigenvalue weighted by atomic mass is 32.2. The minimum atomic E-state index is -0.128. The molecule has 1 aliphatic heterocycles. The molecule has 0 unspecified atom stereocenters. The molecular weight excluding hydrogens is 290 g/mol. The molecule has 21 heavy (non-hydrogen) atoms. The first-order valence-corrected chi connectivity index (χ1v) is 8.40. The minimum absolute atomic E-state index is 0.0511. The van der Waals surface area contributed by atoms with Crippen LogP contribution in [0.4, 0.5) is 0 Å². The van der Waals surface area contributed by atoms with Crippen molar-refractivity contribution in [1.82, 2.24) is 4.90 Å². The van der Waals surface area contributed by atoms with Crippen LogP contribution in [0.5, 0.6) is 0 Å². The van der Waals surface area contributed by atoms with Crippen LogP contribution in [0.2, 0.25) is 0 Å². The number of likely N-dealkylation sites (tertiary alicyclic amines) is 1. The first-order valence-electron chi connectivity index (χ1n) is 7.25.